The van der Waals surface area contributed by atoms with Crippen molar-refractivity contribution in [1.29, 1.82) is 0 Å². The highest BCUT2D eigenvalue weighted by molar-refractivity contribution is 14.1. The molecule has 0 saturated heterocycles. The second kappa shape index (κ2) is 8.38. The number of carbonyl (C=O) groups excluding carboxylic acids is 2. The summed E-state index contributed by atoms with van der Waals surface area (Å²) < 4.78 is 12.5. The van der Waals surface area contributed by atoms with Gasteiger partial charge in [-0.1, -0.05) is 36.4 Å². The summed E-state index contributed by atoms with van der Waals surface area (Å²) in [4.78, 5) is 28.6. The number of pyridine rings is 1. The molecule has 0 saturated carbocycles. The second-order valence-corrected chi connectivity index (χ2v) is 6.83. The molecule has 1 N–H and O–H groups in total. The van der Waals surface area contributed by atoms with Gasteiger partial charge in [-0.05, 0) is 47.2 Å². The molecule has 0 spiro atoms. The molecular formula is C19H18IN3O4. The summed E-state index contributed by atoms with van der Waals surface area (Å²) in [5.74, 6) is -0.453. The van der Waals surface area contributed by atoms with E-state index in [0.29, 0.717) is 17.0 Å². The van der Waals surface area contributed by atoms with Crippen molar-refractivity contribution in [3.8, 4) is 0 Å². The Bertz CT molecular complexity index is 972. The molecule has 1 aromatic carbocycles. The number of nitrogens with one attached hydrogen (secondary N) is 1. The zero-order valence-corrected chi connectivity index (χ0v) is 17.0. The molecule has 27 heavy (non-hydrogen) atoms. The van der Waals surface area contributed by atoms with Gasteiger partial charge in [0.05, 0.1) is 18.8 Å². The normalized spacial score (nSPS) is 11.8. The van der Waals surface area contributed by atoms with Crippen LogP contribution in [0, 0.1) is 3.70 Å². The number of ether oxygens (including phenoxy) is 2. The molecule has 1 atom stereocenters. The number of hydrogen-bond acceptors (Lipinski definition) is 5. The zero-order chi connectivity index (χ0) is 19.4. The number of methoxy groups -OCH3 is 1. The molecule has 0 unspecified atom stereocenters. The standard InChI is InChI=1S/C19H18IN3O4/c1-12(21-19(25)27-11-13-7-4-3-5-8-13)16-17(20)23-14(18(24)26-2)9-6-10-15(23)22-16/h3-10,12H,11H2,1-2H3,(H,21,25)/t12-/m0/s1. The summed E-state index contributed by atoms with van der Waals surface area (Å²) in [7, 11) is 1.33. The smallest absolute Gasteiger partial charge is 0.407 e. The van der Waals surface area contributed by atoms with Crippen LogP contribution in [0.4, 0.5) is 4.79 Å². The third-order valence-corrected chi connectivity index (χ3v) is 5.00. The molecule has 7 nitrogen and oxygen atoms in total. The van der Waals surface area contributed by atoms with Gasteiger partial charge < -0.3 is 14.8 Å². The number of hydrogen-bond donors (Lipinski definition) is 1. The van der Waals surface area contributed by atoms with Gasteiger partial charge in [0.2, 0.25) is 0 Å². The highest BCUT2D eigenvalue weighted by Gasteiger charge is 2.22. The third kappa shape index (κ3) is 4.21. The minimum absolute atomic E-state index is 0.189. The van der Waals surface area contributed by atoms with Gasteiger partial charge >= 0.3 is 12.1 Å². The molecule has 2 aromatic heterocycles. The number of amides is 1. The average molecular weight is 479 g/mol. The lowest BCUT2D eigenvalue weighted by Gasteiger charge is -2.13. The molecule has 3 rings (SSSR count). The fourth-order valence-corrected chi connectivity index (χ4v) is 3.72. The summed E-state index contributed by atoms with van der Waals surface area (Å²) in [6.45, 7) is 2.00. The van der Waals surface area contributed by atoms with Crippen molar-refractivity contribution in [3.05, 3.63) is 69.2 Å². The summed E-state index contributed by atoms with van der Waals surface area (Å²) in [6.07, 6.45) is -0.535. The first kappa shape index (κ1) is 19.2. The number of benzene rings is 1. The van der Waals surface area contributed by atoms with E-state index in [1.165, 1.54) is 7.11 Å². The molecule has 0 fully saturated rings. The predicted molar refractivity (Wildman–Crippen MR) is 107 cm³/mol. The van der Waals surface area contributed by atoms with Crippen molar-refractivity contribution < 1.29 is 19.1 Å². The summed E-state index contributed by atoms with van der Waals surface area (Å²) in [5.41, 5.74) is 2.52. The van der Waals surface area contributed by atoms with Crippen LogP contribution in [-0.4, -0.2) is 28.6 Å². The van der Waals surface area contributed by atoms with Crippen LogP contribution in [0.15, 0.2) is 48.5 Å². The number of alkyl carbamates (subject to hydrolysis) is 1. The fourth-order valence-electron chi connectivity index (χ4n) is 2.62. The van der Waals surface area contributed by atoms with Gasteiger partial charge in [-0.25, -0.2) is 14.6 Å². The topological polar surface area (TPSA) is 81.9 Å². The Hall–Kier alpha value is -2.62. The van der Waals surface area contributed by atoms with Crippen molar-refractivity contribution in [1.82, 2.24) is 14.7 Å². The van der Waals surface area contributed by atoms with E-state index in [1.807, 2.05) is 37.3 Å². The van der Waals surface area contributed by atoms with Gasteiger partial charge in [0.25, 0.3) is 0 Å². The van der Waals surface area contributed by atoms with Gasteiger partial charge in [0.15, 0.2) is 0 Å². The lowest BCUT2D eigenvalue weighted by atomic mass is 10.2. The molecule has 0 aliphatic rings. The Balaban J connectivity index is 1.75. The zero-order valence-electron chi connectivity index (χ0n) is 14.8. The van der Waals surface area contributed by atoms with Crippen LogP contribution in [0.5, 0.6) is 0 Å². The number of fused-ring (bicyclic) bond motifs is 1. The monoisotopic (exact) mass is 479 g/mol. The van der Waals surface area contributed by atoms with Gasteiger partial charge in [-0.15, -0.1) is 0 Å². The van der Waals surface area contributed by atoms with Crippen LogP contribution in [0.3, 0.4) is 0 Å². The van der Waals surface area contributed by atoms with Crippen LogP contribution in [-0.2, 0) is 16.1 Å². The van der Waals surface area contributed by atoms with E-state index in [2.05, 4.69) is 32.9 Å². The van der Waals surface area contributed by atoms with E-state index in [0.717, 1.165) is 9.26 Å². The molecule has 140 valence electrons. The maximum absolute atomic E-state index is 12.1. The predicted octanol–water partition coefficient (Wildman–Crippen LogP) is 3.71. The Kier molecular flexibility index (Phi) is 5.94. The largest absolute Gasteiger partial charge is 0.464 e. The molecule has 3 aromatic rings. The van der Waals surface area contributed by atoms with Crippen molar-refractivity contribution >= 4 is 40.3 Å². The molecule has 1 amide bonds. The molecule has 2 heterocycles. The van der Waals surface area contributed by atoms with Gasteiger partial charge in [0.1, 0.15) is 21.6 Å². The van der Waals surface area contributed by atoms with Crippen molar-refractivity contribution in [2.75, 3.05) is 7.11 Å². The highest BCUT2D eigenvalue weighted by atomic mass is 127. The fraction of sp³-hybridized carbons (Fsp3) is 0.211. The minimum Gasteiger partial charge on any atom is -0.464 e. The number of halogens is 1. The van der Waals surface area contributed by atoms with Crippen LogP contribution in [0.2, 0.25) is 0 Å². The molecule has 0 bridgehead atoms. The number of rotatable bonds is 5. The van der Waals surface area contributed by atoms with Crippen LogP contribution < -0.4 is 5.32 Å². The summed E-state index contributed by atoms with van der Waals surface area (Å²) >= 11 is 2.10. The number of carbonyl (C=O) groups is 2. The first-order valence-corrected chi connectivity index (χ1v) is 9.31. The van der Waals surface area contributed by atoms with Gasteiger partial charge in [-0.2, -0.15) is 0 Å². The van der Waals surface area contributed by atoms with Crippen LogP contribution in [0.25, 0.3) is 5.65 Å². The first-order valence-electron chi connectivity index (χ1n) is 8.23. The van der Waals surface area contributed by atoms with Crippen LogP contribution in [0.1, 0.15) is 34.7 Å². The first-order chi connectivity index (χ1) is 13.0. The lowest BCUT2D eigenvalue weighted by molar-refractivity contribution is 0.0592. The number of imidazole rings is 1. The SMILES string of the molecule is COC(=O)c1cccc2nc([C@H](C)NC(=O)OCc3ccccc3)c(I)n12. The van der Waals surface area contributed by atoms with Crippen molar-refractivity contribution in [2.24, 2.45) is 0 Å². The highest BCUT2D eigenvalue weighted by Crippen LogP contribution is 2.23. The van der Waals surface area contributed by atoms with Gasteiger partial charge in [0, 0.05) is 0 Å². The minimum atomic E-state index is -0.535. The van der Waals surface area contributed by atoms with E-state index < -0.39 is 18.1 Å². The molecular weight excluding hydrogens is 461 g/mol. The van der Waals surface area contributed by atoms with E-state index in [4.69, 9.17) is 9.47 Å². The average Bonchev–Trinajstić information content (AvgIpc) is 3.03. The molecule has 8 heteroatoms. The van der Waals surface area contributed by atoms with Crippen molar-refractivity contribution in [2.45, 2.75) is 19.6 Å². The van der Waals surface area contributed by atoms with Crippen LogP contribution >= 0.6 is 22.6 Å². The molecule has 0 aliphatic carbocycles. The number of esters is 1. The maximum atomic E-state index is 12.1. The number of aromatic nitrogens is 2. The van der Waals surface area contributed by atoms with E-state index in [1.54, 1.807) is 22.6 Å². The van der Waals surface area contributed by atoms with Crippen molar-refractivity contribution in [3.63, 3.8) is 0 Å². The molecule has 0 aliphatic heterocycles. The third-order valence-electron chi connectivity index (χ3n) is 3.96. The Labute approximate surface area is 169 Å². The lowest BCUT2D eigenvalue weighted by Crippen LogP contribution is -2.28. The Morgan fingerprint density at radius 1 is 1.19 bits per heavy atom. The summed E-state index contributed by atoms with van der Waals surface area (Å²) in [6, 6.07) is 14.2. The Morgan fingerprint density at radius 2 is 1.93 bits per heavy atom. The quantitative estimate of drug-likeness (QED) is 0.446. The maximum Gasteiger partial charge on any atom is 0.407 e. The molecule has 0 radical (unpaired) electrons. The number of nitrogens with zero attached hydrogens (tertiary/aromatic N) is 2. The van der Waals surface area contributed by atoms with E-state index in [-0.39, 0.29) is 6.61 Å². The summed E-state index contributed by atoms with van der Waals surface area (Å²) in [5, 5.41) is 2.77. The van der Waals surface area contributed by atoms with Gasteiger partial charge in [-0.3, -0.25) is 4.40 Å². The Morgan fingerprint density at radius 3 is 2.63 bits per heavy atom. The van der Waals surface area contributed by atoms with E-state index >= 15 is 0 Å². The van der Waals surface area contributed by atoms with E-state index in [9.17, 15) is 9.59 Å². The second-order valence-electron chi connectivity index (χ2n) is 5.81.